The second-order valence-electron chi connectivity index (χ2n) is 7.11. The molecule has 124 valence electrons. The van der Waals surface area contributed by atoms with E-state index < -0.39 is 0 Å². The highest BCUT2D eigenvalue weighted by Gasteiger charge is 2.25. The van der Waals surface area contributed by atoms with Crippen molar-refractivity contribution in [2.75, 3.05) is 32.7 Å². The van der Waals surface area contributed by atoms with Crippen molar-refractivity contribution in [2.24, 2.45) is 0 Å². The molecule has 3 heterocycles. The van der Waals surface area contributed by atoms with Crippen LogP contribution in [0.4, 0.5) is 0 Å². The number of hydrogen-bond donors (Lipinski definition) is 1. The topological polar surface area (TPSA) is 35.2 Å². The van der Waals surface area contributed by atoms with Crippen molar-refractivity contribution in [1.29, 1.82) is 0 Å². The van der Waals surface area contributed by atoms with Crippen LogP contribution < -0.4 is 0 Å². The molecule has 0 atom stereocenters. The van der Waals surface area contributed by atoms with Gasteiger partial charge in [-0.1, -0.05) is 19.8 Å². The van der Waals surface area contributed by atoms with Crippen molar-refractivity contribution in [3.8, 4) is 0 Å². The average molecular weight is 312 g/mol. The lowest BCUT2D eigenvalue weighted by atomic mass is 9.98. The molecule has 0 unspecified atom stereocenters. The Bertz CT molecular complexity index is 648. The summed E-state index contributed by atoms with van der Waals surface area (Å²) in [5, 5.41) is 1.34. The van der Waals surface area contributed by atoms with Gasteiger partial charge in [0.2, 0.25) is 0 Å². The fraction of sp³-hybridized carbons (Fsp3) is 0.632. The molecule has 4 nitrogen and oxygen atoms in total. The first-order chi connectivity index (χ1) is 11.3. The van der Waals surface area contributed by atoms with Crippen LogP contribution in [0.5, 0.6) is 0 Å². The maximum Gasteiger partial charge on any atom is 0.137 e. The molecule has 0 amide bonds. The monoisotopic (exact) mass is 312 g/mol. The predicted octanol–water partition coefficient (Wildman–Crippen LogP) is 3.36. The second kappa shape index (κ2) is 6.62. The van der Waals surface area contributed by atoms with Crippen molar-refractivity contribution in [2.45, 2.75) is 45.1 Å². The summed E-state index contributed by atoms with van der Waals surface area (Å²) in [6.07, 6.45) is 7.33. The van der Waals surface area contributed by atoms with Crippen LogP contribution in [0.15, 0.2) is 18.3 Å². The molecule has 4 heteroatoms. The molecule has 0 radical (unpaired) electrons. The Balaban J connectivity index is 1.61. The number of nitrogens with one attached hydrogen (secondary N) is 1. The Kier molecular flexibility index (Phi) is 4.36. The van der Waals surface area contributed by atoms with E-state index in [1.54, 1.807) is 0 Å². The second-order valence-corrected chi connectivity index (χ2v) is 7.11. The van der Waals surface area contributed by atoms with Gasteiger partial charge in [-0.3, -0.25) is 4.90 Å². The van der Waals surface area contributed by atoms with E-state index in [0.717, 1.165) is 18.1 Å². The SMILES string of the molecule is CCN1CCN(Cc2c(C3CCCC3)[nH]c3ncccc23)CC1. The third kappa shape index (κ3) is 3.02. The molecule has 1 aliphatic carbocycles. The molecule has 2 aliphatic rings. The number of piperazine rings is 1. The quantitative estimate of drug-likeness (QED) is 0.940. The Hall–Kier alpha value is -1.39. The fourth-order valence-corrected chi connectivity index (χ4v) is 4.32. The Morgan fingerprint density at radius 3 is 2.61 bits per heavy atom. The van der Waals surface area contributed by atoms with Gasteiger partial charge >= 0.3 is 0 Å². The lowest BCUT2D eigenvalue weighted by molar-refractivity contribution is 0.132. The number of likely N-dealkylation sites (N-methyl/N-ethyl adjacent to an activating group) is 1. The van der Waals surface area contributed by atoms with E-state index in [9.17, 15) is 0 Å². The van der Waals surface area contributed by atoms with E-state index >= 15 is 0 Å². The highest BCUT2D eigenvalue weighted by molar-refractivity contribution is 5.81. The van der Waals surface area contributed by atoms with Crippen LogP contribution in [0, 0.1) is 0 Å². The summed E-state index contributed by atoms with van der Waals surface area (Å²) >= 11 is 0. The summed E-state index contributed by atoms with van der Waals surface area (Å²) in [5.74, 6) is 0.719. The van der Waals surface area contributed by atoms with E-state index in [4.69, 9.17) is 0 Å². The first-order valence-electron chi connectivity index (χ1n) is 9.25. The first kappa shape index (κ1) is 15.2. The number of hydrogen-bond acceptors (Lipinski definition) is 3. The molecular formula is C19H28N4. The van der Waals surface area contributed by atoms with Crippen LogP contribution in [0.3, 0.4) is 0 Å². The lowest BCUT2D eigenvalue weighted by Gasteiger charge is -2.34. The number of rotatable bonds is 4. The third-order valence-electron chi connectivity index (χ3n) is 5.77. The highest BCUT2D eigenvalue weighted by Crippen LogP contribution is 2.38. The van der Waals surface area contributed by atoms with Crippen molar-refractivity contribution >= 4 is 11.0 Å². The highest BCUT2D eigenvalue weighted by atomic mass is 15.3. The van der Waals surface area contributed by atoms with Crippen LogP contribution in [0.25, 0.3) is 11.0 Å². The normalized spacial score (nSPS) is 21.4. The van der Waals surface area contributed by atoms with Crippen molar-refractivity contribution in [3.63, 3.8) is 0 Å². The van der Waals surface area contributed by atoms with E-state index in [1.807, 2.05) is 6.20 Å². The van der Waals surface area contributed by atoms with Crippen LogP contribution in [0.2, 0.25) is 0 Å². The standard InChI is InChI=1S/C19H28N4/c1-2-22-10-12-23(13-11-22)14-17-16-8-5-9-20-19(16)21-18(17)15-6-3-4-7-15/h5,8-9,15H,2-4,6-7,10-14H2,1H3,(H,20,21). The van der Waals surface area contributed by atoms with E-state index in [0.29, 0.717) is 0 Å². The summed E-state index contributed by atoms with van der Waals surface area (Å²) in [6.45, 7) is 9.30. The Morgan fingerprint density at radius 2 is 1.87 bits per heavy atom. The van der Waals surface area contributed by atoms with Gasteiger partial charge < -0.3 is 9.88 Å². The Labute approximate surface area is 138 Å². The molecule has 1 saturated heterocycles. The molecular weight excluding hydrogens is 284 g/mol. The number of pyridine rings is 1. The van der Waals surface area contributed by atoms with Gasteiger partial charge in [0.15, 0.2) is 0 Å². The zero-order valence-corrected chi connectivity index (χ0v) is 14.2. The van der Waals surface area contributed by atoms with Crippen LogP contribution in [-0.2, 0) is 6.54 Å². The summed E-state index contributed by atoms with van der Waals surface area (Å²) in [6, 6.07) is 4.32. The van der Waals surface area contributed by atoms with Gasteiger partial charge in [0.1, 0.15) is 5.65 Å². The van der Waals surface area contributed by atoms with Crippen molar-refractivity contribution < 1.29 is 0 Å². The van der Waals surface area contributed by atoms with Gasteiger partial charge in [-0.2, -0.15) is 0 Å². The molecule has 1 aliphatic heterocycles. The van der Waals surface area contributed by atoms with Gasteiger partial charge in [-0.15, -0.1) is 0 Å². The van der Waals surface area contributed by atoms with E-state index in [1.165, 1.54) is 75.1 Å². The van der Waals surface area contributed by atoms with E-state index in [-0.39, 0.29) is 0 Å². The zero-order chi connectivity index (χ0) is 15.6. The first-order valence-corrected chi connectivity index (χ1v) is 9.25. The summed E-state index contributed by atoms with van der Waals surface area (Å²) in [4.78, 5) is 13.4. The van der Waals surface area contributed by atoms with Gasteiger partial charge in [-0.05, 0) is 43.0 Å². The fourth-order valence-electron chi connectivity index (χ4n) is 4.32. The number of aromatic nitrogens is 2. The summed E-state index contributed by atoms with van der Waals surface area (Å²) in [5.41, 5.74) is 4.08. The molecule has 0 spiro atoms. The van der Waals surface area contributed by atoms with Gasteiger partial charge in [-0.25, -0.2) is 4.98 Å². The third-order valence-corrected chi connectivity index (χ3v) is 5.77. The summed E-state index contributed by atoms with van der Waals surface area (Å²) in [7, 11) is 0. The molecule has 1 N–H and O–H groups in total. The van der Waals surface area contributed by atoms with Crippen molar-refractivity contribution in [1.82, 2.24) is 19.8 Å². The van der Waals surface area contributed by atoms with Crippen LogP contribution in [-0.4, -0.2) is 52.5 Å². The minimum Gasteiger partial charge on any atom is -0.343 e. The molecule has 4 rings (SSSR count). The average Bonchev–Trinajstić information content (AvgIpc) is 3.24. The lowest BCUT2D eigenvalue weighted by Crippen LogP contribution is -2.45. The van der Waals surface area contributed by atoms with Gasteiger partial charge in [0, 0.05) is 50.0 Å². The number of nitrogens with zero attached hydrogens (tertiary/aromatic N) is 3. The van der Waals surface area contributed by atoms with E-state index in [2.05, 4.69) is 38.8 Å². The molecule has 0 bridgehead atoms. The van der Waals surface area contributed by atoms with Gasteiger partial charge in [0.05, 0.1) is 0 Å². The minimum absolute atomic E-state index is 0.719. The maximum atomic E-state index is 4.57. The smallest absolute Gasteiger partial charge is 0.137 e. The van der Waals surface area contributed by atoms with Crippen molar-refractivity contribution in [3.05, 3.63) is 29.6 Å². The molecule has 1 saturated carbocycles. The molecule has 23 heavy (non-hydrogen) atoms. The van der Waals surface area contributed by atoms with Gasteiger partial charge in [0.25, 0.3) is 0 Å². The maximum absolute atomic E-state index is 4.57. The minimum atomic E-state index is 0.719. The molecule has 2 aromatic rings. The van der Waals surface area contributed by atoms with Crippen LogP contribution >= 0.6 is 0 Å². The Morgan fingerprint density at radius 1 is 1.13 bits per heavy atom. The molecule has 2 aromatic heterocycles. The number of aromatic amines is 1. The largest absolute Gasteiger partial charge is 0.343 e. The van der Waals surface area contributed by atoms with Crippen LogP contribution in [0.1, 0.15) is 49.8 Å². The molecule has 0 aromatic carbocycles. The predicted molar refractivity (Wildman–Crippen MR) is 94.7 cm³/mol. The zero-order valence-electron chi connectivity index (χ0n) is 14.2. The number of fused-ring (bicyclic) bond motifs is 1. The number of H-pyrrole nitrogens is 1. The summed E-state index contributed by atoms with van der Waals surface area (Å²) < 4.78 is 0. The molecule has 2 fully saturated rings.